The molecular formula is C15H20ClNO3. The number of carbonyl (C=O) groups excluding carboxylic acids is 1. The van der Waals surface area contributed by atoms with E-state index in [1.807, 2.05) is 12.1 Å². The van der Waals surface area contributed by atoms with Crippen LogP contribution in [0.5, 0.6) is 0 Å². The summed E-state index contributed by atoms with van der Waals surface area (Å²) in [5.41, 5.74) is 0.892. The lowest BCUT2D eigenvalue weighted by molar-refractivity contribution is -0.150. The molecular weight excluding hydrogens is 278 g/mol. The van der Waals surface area contributed by atoms with Crippen molar-refractivity contribution in [3.8, 4) is 0 Å². The van der Waals surface area contributed by atoms with Crippen LogP contribution in [0.2, 0.25) is 5.02 Å². The van der Waals surface area contributed by atoms with Gasteiger partial charge >= 0.3 is 5.97 Å². The van der Waals surface area contributed by atoms with Gasteiger partial charge in [0.25, 0.3) is 0 Å². The molecule has 1 aromatic rings. The highest BCUT2D eigenvalue weighted by Crippen LogP contribution is 2.17. The third-order valence-electron chi connectivity index (χ3n) is 3.31. The fraction of sp³-hybridized carbons (Fsp3) is 0.533. The summed E-state index contributed by atoms with van der Waals surface area (Å²) in [6.45, 7) is 4.21. The second-order valence-corrected chi connectivity index (χ2v) is 5.38. The topological polar surface area (TPSA) is 47.6 Å². The standard InChI is InChI=1S/C15H20ClNO3/c1-2-6-17-14-10-19-9-13(14)15(18)20-8-11-4-3-5-12(16)7-11/h3-5,7,13-14,17H,2,6,8-10H2,1H3. The molecule has 0 saturated carbocycles. The molecule has 5 heteroatoms. The van der Waals surface area contributed by atoms with Crippen LogP contribution in [0.1, 0.15) is 18.9 Å². The van der Waals surface area contributed by atoms with Crippen molar-refractivity contribution in [1.29, 1.82) is 0 Å². The van der Waals surface area contributed by atoms with E-state index in [2.05, 4.69) is 12.2 Å². The van der Waals surface area contributed by atoms with E-state index >= 15 is 0 Å². The summed E-state index contributed by atoms with van der Waals surface area (Å²) in [6, 6.07) is 7.38. The minimum atomic E-state index is -0.222. The number of nitrogens with one attached hydrogen (secondary N) is 1. The average molecular weight is 298 g/mol. The molecule has 0 amide bonds. The molecule has 0 aromatic heterocycles. The van der Waals surface area contributed by atoms with Crippen LogP contribution in [0.3, 0.4) is 0 Å². The Morgan fingerprint density at radius 3 is 3.10 bits per heavy atom. The summed E-state index contributed by atoms with van der Waals surface area (Å²) < 4.78 is 10.7. The van der Waals surface area contributed by atoms with Crippen molar-refractivity contribution in [2.75, 3.05) is 19.8 Å². The third kappa shape index (κ3) is 4.20. The molecule has 20 heavy (non-hydrogen) atoms. The lowest BCUT2D eigenvalue weighted by Gasteiger charge is -2.17. The van der Waals surface area contributed by atoms with Crippen LogP contribution in [0.25, 0.3) is 0 Å². The number of carbonyl (C=O) groups is 1. The molecule has 0 aliphatic carbocycles. The molecule has 1 saturated heterocycles. The highest BCUT2D eigenvalue weighted by molar-refractivity contribution is 6.30. The molecule has 1 aliphatic rings. The van der Waals surface area contributed by atoms with Gasteiger partial charge in [-0.05, 0) is 30.7 Å². The van der Waals surface area contributed by atoms with E-state index in [1.165, 1.54) is 0 Å². The van der Waals surface area contributed by atoms with E-state index in [4.69, 9.17) is 21.1 Å². The highest BCUT2D eigenvalue weighted by Gasteiger charge is 2.34. The Bertz CT molecular complexity index is 452. The van der Waals surface area contributed by atoms with Crippen LogP contribution >= 0.6 is 11.6 Å². The first kappa shape index (κ1) is 15.3. The van der Waals surface area contributed by atoms with Gasteiger partial charge in [0.2, 0.25) is 0 Å². The number of hydrogen-bond acceptors (Lipinski definition) is 4. The Hall–Kier alpha value is -1.10. The van der Waals surface area contributed by atoms with E-state index in [0.717, 1.165) is 18.5 Å². The lowest BCUT2D eigenvalue weighted by atomic mass is 10.0. The van der Waals surface area contributed by atoms with Crippen molar-refractivity contribution < 1.29 is 14.3 Å². The van der Waals surface area contributed by atoms with Gasteiger partial charge in [0.15, 0.2) is 0 Å². The zero-order valence-corrected chi connectivity index (χ0v) is 12.4. The van der Waals surface area contributed by atoms with Crippen LogP contribution in [0, 0.1) is 5.92 Å². The Labute approximate surface area is 124 Å². The van der Waals surface area contributed by atoms with Crippen molar-refractivity contribution in [3.63, 3.8) is 0 Å². The second-order valence-electron chi connectivity index (χ2n) is 4.94. The first-order valence-corrected chi connectivity index (χ1v) is 7.30. The van der Waals surface area contributed by atoms with Crippen molar-refractivity contribution >= 4 is 17.6 Å². The van der Waals surface area contributed by atoms with E-state index in [9.17, 15) is 4.79 Å². The van der Waals surface area contributed by atoms with E-state index in [-0.39, 0.29) is 24.5 Å². The van der Waals surface area contributed by atoms with E-state index in [1.54, 1.807) is 12.1 Å². The molecule has 2 unspecified atom stereocenters. The minimum Gasteiger partial charge on any atom is -0.460 e. The predicted molar refractivity (Wildman–Crippen MR) is 77.6 cm³/mol. The number of ether oxygens (including phenoxy) is 2. The molecule has 1 aliphatic heterocycles. The van der Waals surface area contributed by atoms with Gasteiger partial charge in [-0.2, -0.15) is 0 Å². The van der Waals surface area contributed by atoms with Crippen LogP contribution in [-0.2, 0) is 20.9 Å². The summed E-state index contributed by atoms with van der Waals surface area (Å²) in [6.07, 6.45) is 1.03. The maximum atomic E-state index is 12.1. The van der Waals surface area contributed by atoms with Gasteiger partial charge in [-0.3, -0.25) is 4.79 Å². The van der Waals surface area contributed by atoms with E-state index < -0.39 is 0 Å². The SMILES string of the molecule is CCCNC1COCC1C(=O)OCc1cccc(Cl)c1. The Morgan fingerprint density at radius 2 is 2.35 bits per heavy atom. The molecule has 1 aromatic carbocycles. The fourth-order valence-electron chi connectivity index (χ4n) is 2.21. The van der Waals surface area contributed by atoms with Crippen LogP contribution in [-0.4, -0.2) is 31.8 Å². The molecule has 2 rings (SSSR count). The lowest BCUT2D eigenvalue weighted by Crippen LogP contribution is -2.40. The summed E-state index contributed by atoms with van der Waals surface area (Å²) in [5.74, 6) is -0.434. The maximum Gasteiger partial charge on any atom is 0.313 e. The van der Waals surface area contributed by atoms with Crippen molar-refractivity contribution in [1.82, 2.24) is 5.32 Å². The monoisotopic (exact) mass is 297 g/mol. The summed E-state index contributed by atoms with van der Waals surface area (Å²) in [4.78, 5) is 12.1. The van der Waals surface area contributed by atoms with Crippen LogP contribution in [0.15, 0.2) is 24.3 Å². The molecule has 0 bridgehead atoms. The van der Waals surface area contributed by atoms with Gasteiger partial charge in [-0.1, -0.05) is 30.7 Å². The van der Waals surface area contributed by atoms with Gasteiger partial charge in [-0.15, -0.1) is 0 Å². The fourth-order valence-corrected chi connectivity index (χ4v) is 2.42. The second kappa shape index (κ2) is 7.62. The van der Waals surface area contributed by atoms with Gasteiger partial charge in [0, 0.05) is 11.1 Å². The molecule has 4 nitrogen and oxygen atoms in total. The van der Waals surface area contributed by atoms with Gasteiger partial charge in [-0.25, -0.2) is 0 Å². The molecule has 2 atom stereocenters. The molecule has 0 radical (unpaired) electrons. The number of rotatable bonds is 6. The summed E-state index contributed by atoms with van der Waals surface area (Å²) in [5, 5.41) is 3.97. The highest BCUT2D eigenvalue weighted by atomic mass is 35.5. The minimum absolute atomic E-state index is 0.0572. The van der Waals surface area contributed by atoms with Crippen molar-refractivity contribution in [3.05, 3.63) is 34.9 Å². The van der Waals surface area contributed by atoms with Gasteiger partial charge in [0.1, 0.15) is 6.61 Å². The average Bonchev–Trinajstić information content (AvgIpc) is 2.91. The number of halogens is 1. The summed E-state index contributed by atoms with van der Waals surface area (Å²) in [7, 11) is 0. The molecule has 0 spiro atoms. The third-order valence-corrected chi connectivity index (χ3v) is 3.55. The Kier molecular flexibility index (Phi) is 5.83. The predicted octanol–water partition coefficient (Wildman–Crippen LogP) is 2.40. The number of hydrogen-bond donors (Lipinski definition) is 1. The summed E-state index contributed by atoms with van der Waals surface area (Å²) >= 11 is 5.90. The molecule has 1 N–H and O–H groups in total. The smallest absolute Gasteiger partial charge is 0.313 e. The first-order valence-electron chi connectivity index (χ1n) is 6.93. The normalized spacial score (nSPS) is 21.9. The number of benzene rings is 1. The number of esters is 1. The first-order chi connectivity index (χ1) is 9.70. The van der Waals surface area contributed by atoms with Crippen LogP contribution in [0.4, 0.5) is 0 Å². The van der Waals surface area contributed by atoms with Crippen LogP contribution < -0.4 is 5.32 Å². The molecule has 110 valence electrons. The molecule has 1 heterocycles. The van der Waals surface area contributed by atoms with Gasteiger partial charge < -0.3 is 14.8 Å². The quantitative estimate of drug-likeness (QED) is 0.819. The Balaban J connectivity index is 1.84. The maximum absolute atomic E-state index is 12.1. The zero-order valence-electron chi connectivity index (χ0n) is 11.6. The zero-order chi connectivity index (χ0) is 14.4. The largest absolute Gasteiger partial charge is 0.460 e. The van der Waals surface area contributed by atoms with E-state index in [0.29, 0.717) is 18.2 Å². The van der Waals surface area contributed by atoms with Crippen molar-refractivity contribution in [2.24, 2.45) is 5.92 Å². The van der Waals surface area contributed by atoms with Crippen molar-refractivity contribution in [2.45, 2.75) is 26.0 Å². The Morgan fingerprint density at radius 1 is 1.50 bits per heavy atom. The van der Waals surface area contributed by atoms with Gasteiger partial charge in [0.05, 0.1) is 19.1 Å². The molecule has 1 fully saturated rings.